The van der Waals surface area contributed by atoms with Gasteiger partial charge in [0.25, 0.3) is 5.91 Å². The Balaban J connectivity index is 2.85. The molecular formula is C11H13ClN2O3. The summed E-state index contributed by atoms with van der Waals surface area (Å²) in [6, 6.07) is 2.96. The fourth-order valence-electron chi connectivity index (χ4n) is 1.13. The van der Waals surface area contributed by atoms with Crippen molar-refractivity contribution in [1.82, 2.24) is 10.3 Å². The van der Waals surface area contributed by atoms with Gasteiger partial charge in [-0.1, -0.05) is 18.5 Å². The van der Waals surface area contributed by atoms with Crippen LogP contribution in [0.4, 0.5) is 0 Å². The molecule has 1 rings (SSSR count). The van der Waals surface area contributed by atoms with E-state index in [1.54, 1.807) is 6.92 Å². The molecule has 0 saturated carbocycles. The van der Waals surface area contributed by atoms with E-state index in [-0.39, 0.29) is 17.1 Å². The van der Waals surface area contributed by atoms with Crippen molar-refractivity contribution < 1.29 is 14.7 Å². The maximum absolute atomic E-state index is 11.8. The summed E-state index contributed by atoms with van der Waals surface area (Å²) < 4.78 is 0. The number of pyridine rings is 1. The van der Waals surface area contributed by atoms with Crippen LogP contribution in [0.25, 0.3) is 0 Å². The predicted octanol–water partition coefficient (Wildman–Crippen LogP) is 1.72. The molecule has 1 unspecified atom stereocenters. The van der Waals surface area contributed by atoms with E-state index >= 15 is 0 Å². The van der Waals surface area contributed by atoms with E-state index in [1.807, 2.05) is 0 Å². The Kier molecular flexibility index (Phi) is 4.07. The molecule has 1 amide bonds. The summed E-state index contributed by atoms with van der Waals surface area (Å²) in [4.78, 5) is 26.6. The zero-order chi connectivity index (χ0) is 13.1. The lowest BCUT2D eigenvalue weighted by Gasteiger charge is -2.24. The highest BCUT2D eigenvalue weighted by molar-refractivity contribution is 6.29. The molecule has 1 aromatic rings. The summed E-state index contributed by atoms with van der Waals surface area (Å²) in [5.41, 5.74) is -1.01. The number of amides is 1. The molecule has 1 aromatic heterocycles. The first-order valence-corrected chi connectivity index (χ1v) is 5.44. The highest BCUT2D eigenvalue weighted by Gasteiger charge is 2.32. The lowest BCUT2D eigenvalue weighted by atomic mass is 9.99. The normalized spacial score (nSPS) is 13.8. The largest absolute Gasteiger partial charge is 0.480 e. The van der Waals surface area contributed by atoms with Crippen LogP contribution in [0, 0.1) is 0 Å². The van der Waals surface area contributed by atoms with Gasteiger partial charge in [-0.15, -0.1) is 0 Å². The number of rotatable bonds is 4. The van der Waals surface area contributed by atoms with Crippen LogP contribution in [-0.2, 0) is 4.79 Å². The highest BCUT2D eigenvalue weighted by Crippen LogP contribution is 2.12. The Morgan fingerprint density at radius 3 is 2.59 bits per heavy atom. The molecule has 0 aromatic carbocycles. The van der Waals surface area contributed by atoms with Crippen molar-refractivity contribution in [2.24, 2.45) is 0 Å². The Hall–Kier alpha value is -1.62. The van der Waals surface area contributed by atoms with E-state index < -0.39 is 17.4 Å². The van der Waals surface area contributed by atoms with Crippen molar-refractivity contribution in [2.75, 3.05) is 0 Å². The predicted molar refractivity (Wildman–Crippen MR) is 63.0 cm³/mol. The van der Waals surface area contributed by atoms with Crippen molar-refractivity contribution >= 4 is 23.5 Å². The molecule has 0 bridgehead atoms. The van der Waals surface area contributed by atoms with Crippen LogP contribution in [0.1, 0.15) is 30.6 Å². The fourth-order valence-corrected chi connectivity index (χ4v) is 1.24. The van der Waals surface area contributed by atoms with Crippen LogP contribution in [0.15, 0.2) is 18.3 Å². The van der Waals surface area contributed by atoms with Gasteiger partial charge < -0.3 is 10.4 Å². The number of carboxylic acid groups (broad SMARTS) is 1. The van der Waals surface area contributed by atoms with Gasteiger partial charge in [0.15, 0.2) is 0 Å². The number of carbonyl (C=O) groups is 2. The van der Waals surface area contributed by atoms with Gasteiger partial charge in [-0.2, -0.15) is 0 Å². The smallest absolute Gasteiger partial charge is 0.329 e. The molecule has 0 aliphatic carbocycles. The van der Waals surface area contributed by atoms with Crippen molar-refractivity contribution in [3.05, 3.63) is 29.0 Å². The first kappa shape index (κ1) is 13.4. The number of aromatic nitrogens is 1. The van der Waals surface area contributed by atoms with E-state index in [0.29, 0.717) is 0 Å². The van der Waals surface area contributed by atoms with Crippen LogP contribution in [0.5, 0.6) is 0 Å². The number of hydrogen-bond donors (Lipinski definition) is 2. The van der Waals surface area contributed by atoms with Crippen molar-refractivity contribution in [3.63, 3.8) is 0 Å². The van der Waals surface area contributed by atoms with E-state index in [9.17, 15) is 9.59 Å². The van der Waals surface area contributed by atoms with Crippen LogP contribution in [-0.4, -0.2) is 27.5 Å². The molecule has 0 radical (unpaired) electrons. The molecule has 0 aliphatic heterocycles. The zero-order valence-corrected chi connectivity index (χ0v) is 10.3. The van der Waals surface area contributed by atoms with E-state index in [4.69, 9.17) is 16.7 Å². The SMILES string of the molecule is CCC(C)(NC(=O)c1ccc(Cl)nc1)C(=O)O. The molecule has 0 aliphatic rings. The van der Waals surface area contributed by atoms with Crippen molar-refractivity contribution in [2.45, 2.75) is 25.8 Å². The Morgan fingerprint density at radius 2 is 2.18 bits per heavy atom. The number of aliphatic carboxylic acids is 1. The van der Waals surface area contributed by atoms with Crippen molar-refractivity contribution in [1.29, 1.82) is 0 Å². The Labute approximate surface area is 104 Å². The summed E-state index contributed by atoms with van der Waals surface area (Å²) in [5.74, 6) is -1.56. The molecule has 6 heteroatoms. The summed E-state index contributed by atoms with van der Waals surface area (Å²) in [5, 5.41) is 11.8. The van der Waals surface area contributed by atoms with Gasteiger partial charge in [0.1, 0.15) is 10.7 Å². The number of carboxylic acids is 1. The molecular weight excluding hydrogens is 244 g/mol. The van der Waals surface area contributed by atoms with Gasteiger partial charge in [-0.3, -0.25) is 4.79 Å². The third-order valence-corrected chi connectivity index (χ3v) is 2.78. The molecule has 0 fully saturated rings. The third kappa shape index (κ3) is 3.17. The minimum absolute atomic E-state index is 0.273. The first-order valence-electron chi connectivity index (χ1n) is 5.06. The second kappa shape index (κ2) is 5.14. The van der Waals surface area contributed by atoms with Crippen LogP contribution in [0.2, 0.25) is 5.15 Å². The quantitative estimate of drug-likeness (QED) is 0.804. The molecule has 5 nitrogen and oxygen atoms in total. The average molecular weight is 257 g/mol. The second-order valence-corrected chi connectivity index (χ2v) is 4.20. The third-order valence-electron chi connectivity index (χ3n) is 2.56. The summed E-state index contributed by atoms with van der Waals surface area (Å²) in [7, 11) is 0. The lowest BCUT2D eigenvalue weighted by Crippen LogP contribution is -2.51. The van der Waals surface area contributed by atoms with Gasteiger partial charge in [0.05, 0.1) is 5.56 Å². The number of halogens is 1. The van der Waals surface area contributed by atoms with Gasteiger partial charge in [0.2, 0.25) is 0 Å². The number of hydrogen-bond acceptors (Lipinski definition) is 3. The summed E-state index contributed by atoms with van der Waals surface area (Å²) >= 11 is 5.59. The van der Waals surface area contributed by atoms with E-state index in [2.05, 4.69) is 10.3 Å². The maximum Gasteiger partial charge on any atom is 0.329 e. The Bertz CT molecular complexity index is 433. The van der Waals surface area contributed by atoms with E-state index in [0.717, 1.165) is 0 Å². The van der Waals surface area contributed by atoms with Gasteiger partial charge in [-0.25, -0.2) is 9.78 Å². The topological polar surface area (TPSA) is 79.3 Å². The second-order valence-electron chi connectivity index (χ2n) is 3.81. The molecule has 92 valence electrons. The Morgan fingerprint density at radius 1 is 1.53 bits per heavy atom. The lowest BCUT2D eigenvalue weighted by molar-refractivity contribution is -0.143. The average Bonchev–Trinajstić information content (AvgIpc) is 2.29. The number of nitrogens with one attached hydrogen (secondary N) is 1. The van der Waals surface area contributed by atoms with Crippen LogP contribution < -0.4 is 5.32 Å². The maximum atomic E-state index is 11.8. The van der Waals surface area contributed by atoms with Gasteiger partial charge in [-0.05, 0) is 25.5 Å². The molecule has 1 atom stereocenters. The molecule has 1 heterocycles. The van der Waals surface area contributed by atoms with Crippen molar-refractivity contribution in [3.8, 4) is 0 Å². The van der Waals surface area contributed by atoms with Crippen LogP contribution >= 0.6 is 11.6 Å². The molecule has 2 N–H and O–H groups in total. The number of carbonyl (C=O) groups excluding carboxylic acids is 1. The fraction of sp³-hybridized carbons (Fsp3) is 0.364. The minimum atomic E-state index is -1.28. The van der Waals surface area contributed by atoms with E-state index in [1.165, 1.54) is 25.3 Å². The standard InChI is InChI=1S/C11H13ClN2O3/c1-3-11(2,10(16)17)14-9(15)7-4-5-8(12)13-6-7/h4-6H,3H2,1-2H3,(H,14,15)(H,16,17). The summed E-state index contributed by atoms with van der Waals surface area (Å²) in [6.07, 6.45) is 1.59. The zero-order valence-electron chi connectivity index (χ0n) is 9.53. The molecule has 0 saturated heterocycles. The minimum Gasteiger partial charge on any atom is -0.480 e. The molecule has 0 spiro atoms. The number of nitrogens with zero attached hydrogens (tertiary/aromatic N) is 1. The molecule has 17 heavy (non-hydrogen) atoms. The first-order chi connectivity index (χ1) is 7.89. The summed E-state index contributed by atoms with van der Waals surface area (Å²) in [6.45, 7) is 3.14. The monoisotopic (exact) mass is 256 g/mol. The van der Waals surface area contributed by atoms with Gasteiger partial charge in [0, 0.05) is 6.20 Å². The highest BCUT2D eigenvalue weighted by atomic mass is 35.5. The van der Waals surface area contributed by atoms with Gasteiger partial charge >= 0.3 is 5.97 Å². The van der Waals surface area contributed by atoms with Crippen LogP contribution in [0.3, 0.4) is 0 Å².